The molecule has 0 radical (unpaired) electrons. The van der Waals surface area contributed by atoms with E-state index in [1.165, 1.54) is 0 Å². The van der Waals surface area contributed by atoms with Crippen LogP contribution in [-0.2, 0) is 0 Å². The molecule has 2 aromatic rings. The average Bonchev–Trinajstić information content (AvgIpc) is 2.61. The third-order valence-corrected chi connectivity index (χ3v) is 4.44. The number of methoxy groups -OCH3 is 1. The summed E-state index contributed by atoms with van der Waals surface area (Å²) in [5.41, 5.74) is 3.43. The number of halogens is 1. The van der Waals surface area contributed by atoms with Gasteiger partial charge in [-0.25, -0.2) is 0 Å². The van der Waals surface area contributed by atoms with Gasteiger partial charge in [0.15, 0.2) is 0 Å². The lowest BCUT2D eigenvalue weighted by molar-refractivity contribution is 0.0802. The number of anilines is 2. The summed E-state index contributed by atoms with van der Waals surface area (Å²) in [5.74, 6) is 0.775. The molecule has 0 unspecified atom stereocenters. The van der Waals surface area contributed by atoms with E-state index in [4.69, 9.17) is 16.3 Å². The van der Waals surface area contributed by atoms with E-state index in [-0.39, 0.29) is 5.91 Å². The van der Waals surface area contributed by atoms with Crippen LogP contribution in [0.15, 0.2) is 36.4 Å². The second-order valence-electron chi connectivity index (χ2n) is 5.67. The first kappa shape index (κ1) is 18.1. The fraction of sp³-hybridized carbons (Fsp3) is 0.316. The molecule has 4 nitrogen and oxygen atoms in total. The number of carbonyl (C=O) groups excluding carboxylic acids is 1. The fourth-order valence-corrected chi connectivity index (χ4v) is 2.74. The largest absolute Gasteiger partial charge is 0.497 e. The lowest BCUT2D eigenvalue weighted by atomic mass is 10.0. The number of benzene rings is 2. The quantitative estimate of drug-likeness (QED) is 0.798. The van der Waals surface area contributed by atoms with Gasteiger partial charge >= 0.3 is 0 Å². The van der Waals surface area contributed by atoms with E-state index in [0.717, 1.165) is 22.7 Å². The predicted molar refractivity (Wildman–Crippen MR) is 99.9 cm³/mol. The molecular weight excluding hydrogens is 324 g/mol. The van der Waals surface area contributed by atoms with Gasteiger partial charge in [-0.15, -0.1) is 0 Å². The highest BCUT2D eigenvalue weighted by Crippen LogP contribution is 2.33. The maximum atomic E-state index is 12.6. The summed E-state index contributed by atoms with van der Waals surface area (Å²) in [4.78, 5) is 16.3. The molecule has 0 aromatic heterocycles. The average molecular weight is 347 g/mol. The summed E-state index contributed by atoms with van der Waals surface area (Å²) < 4.78 is 5.20. The zero-order valence-corrected chi connectivity index (χ0v) is 15.5. The van der Waals surface area contributed by atoms with Crippen LogP contribution in [0.25, 0.3) is 0 Å². The number of nitrogens with zero attached hydrogens (tertiary/aromatic N) is 2. The molecule has 0 saturated carbocycles. The van der Waals surface area contributed by atoms with Crippen molar-refractivity contribution in [3.63, 3.8) is 0 Å². The standard InChI is InChI=1S/C19H23ClN2O2/c1-6-21(3)19(23)17-11-14(20)12-18(13(17)2)22(4)15-7-9-16(24-5)10-8-15/h7-12H,6H2,1-5H3. The zero-order valence-electron chi connectivity index (χ0n) is 14.8. The Morgan fingerprint density at radius 3 is 2.33 bits per heavy atom. The minimum absolute atomic E-state index is 0.0260. The molecule has 128 valence electrons. The summed E-state index contributed by atoms with van der Waals surface area (Å²) in [5, 5.41) is 0.545. The SMILES string of the molecule is CCN(C)C(=O)c1cc(Cl)cc(N(C)c2ccc(OC)cc2)c1C. The van der Waals surface area contributed by atoms with Gasteiger partial charge in [-0.2, -0.15) is 0 Å². The van der Waals surface area contributed by atoms with Crippen LogP contribution in [0, 0.1) is 6.92 Å². The van der Waals surface area contributed by atoms with Crippen molar-refractivity contribution >= 4 is 28.9 Å². The summed E-state index contributed by atoms with van der Waals surface area (Å²) in [6.45, 7) is 4.54. The molecule has 1 amide bonds. The third kappa shape index (κ3) is 3.65. The molecule has 0 aliphatic heterocycles. The molecule has 0 heterocycles. The van der Waals surface area contributed by atoms with Crippen molar-refractivity contribution in [2.24, 2.45) is 0 Å². The van der Waals surface area contributed by atoms with Crippen molar-refractivity contribution in [2.75, 3.05) is 32.6 Å². The normalized spacial score (nSPS) is 10.4. The maximum absolute atomic E-state index is 12.6. The second kappa shape index (κ2) is 7.58. The molecule has 0 fully saturated rings. The number of ether oxygens (including phenoxy) is 1. The van der Waals surface area contributed by atoms with Crippen LogP contribution in [0.5, 0.6) is 5.75 Å². The lowest BCUT2D eigenvalue weighted by Gasteiger charge is -2.25. The van der Waals surface area contributed by atoms with Crippen molar-refractivity contribution in [3.8, 4) is 5.75 Å². The first-order chi connectivity index (χ1) is 11.4. The van der Waals surface area contributed by atoms with E-state index in [0.29, 0.717) is 17.1 Å². The molecule has 0 bridgehead atoms. The molecule has 0 aliphatic carbocycles. The molecular formula is C19H23ClN2O2. The van der Waals surface area contributed by atoms with E-state index < -0.39 is 0 Å². The van der Waals surface area contributed by atoms with Crippen LogP contribution in [0.1, 0.15) is 22.8 Å². The summed E-state index contributed by atoms with van der Waals surface area (Å²) in [6.07, 6.45) is 0. The van der Waals surface area contributed by atoms with E-state index in [9.17, 15) is 4.79 Å². The van der Waals surface area contributed by atoms with Crippen LogP contribution in [0.4, 0.5) is 11.4 Å². The van der Waals surface area contributed by atoms with Gasteiger partial charge in [0.1, 0.15) is 5.75 Å². The highest BCUT2D eigenvalue weighted by Gasteiger charge is 2.18. The van der Waals surface area contributed by atoms with Gasteiger partial charge in [-0.1, -0.05) is 11.6 Å². The van der Waals surface area contributed by atoms with Crippen LogP contribution in [0.3, 0.4) is 0 Å². The Hall–Kier alpha value is -2.20. The maximum Gasteiger partial charge on any atom is 0.253 e. The molecule has 24 heavy (non-hydrogen) atoms. The summed E-state index contributed by atoms with van der Waals surface area (Å²) in [7, 11) is 5.38. The molecule has 5 heteroatoms. The smallest absolute Gasteiger partial charge is 0.253 e. The number of hydrogen-bond donors (Lipinski definition) is 0. The Morgan fingerprint density at radius 1 is 1.17 bits per heavy atom. The molecule has 0 N–H and O–H groups in total. The minimum Gasteiger partial charge on any atom is -0.497 e. The van der Waals surface area contributed by atoms with E-state index in [1.807, 2.05) is 56.1 Å². The molecule has 2 rings (SSSR count). The minimum atomic E-state index is -0.0260. The first-order valence-electron chi connectivity index (χ1n) is 7.82. The van der Waals surface area contributed by atoms with Gasteiger partial charge in [0.25, 0.3) is 5.91 Å². The molecule has 0 aliphatic rings. The Morgan fingerprint density at radius 2 is 1.79 bits per heavy atom. The van der Waals surface area contributed by atoms with E-state index >= 15 is 0 Å². The van der Waals surface area contributed by atoms with Gasteiger partial charge in [0, 0.05) is 42.6 Å². The van der Waals surface area contributed by atoms with Gasteiger partial charge < -0.3 is 14.5 Å². The number of hydrogen-bond acceptors (Lipinski definition) is 3. The number of rotatable bonds is 5. The molecule has 2 aromatic carbocycles. The highest BCUT2D eigenvalue weighted by molar-refractivity contribution is 6.31. The Balaban J connectivity index is 2.45. The van der Waals surface area contributed by atoms with Gasteiger partial charge in [0.05, 0.1) is 7.11 Å². The van der Waals surface area contributed by atoms with Gasteiger partial charge in [0.2, 0.25) is 0 Å². The van der Waals surface area contributed by atoms with Gasteiger partial charge in [-0.05, 0) is 55.8 Å². The van der Waals surface area contributed by atoms with Crippen molar-refractivity contribution in [1.29, 1.82) is 0 Å². The van der Waals surface area contributed by atoms with Crippen LogP contribution >= 0.6 is 11.6 Å². The molecule has 0 atom stereocenters. The van der Waals surface area contributed by atoms with Crippen molar-refractivity contribution in [2.45, 2.75) is 13.8 Å². The van der Waals surface area contributed by atoms with Crippen molar-refractivity contribution in [3.05, 3.63) is 52.5 Å². The van der Waals surface area contributed by atoms with Crippen molar-refractivity contribution < 1.29 is 9.53 Å². The van der Waals surface area contributed by atoms with Crippen LogP contribution in [0.2, 0.25) is 5.02 Å². The molecule has 0 spiro atoms. The molecule has 0 saturated heterocycles. The predicted octanol–water partition coefficient (Wildman–Crippen LogP) is 4.52. The highest BCUT2D eigenvalue weighted by atomic mass is 35.5. The Labute approximate surface area is 148 Å². The van der Waals surface area contributed by atoms with Crippen LogP contribution in [-0.4, -0.2) is 38.6 Å². The Bertz CT molecular complexity index is 729. The van der Waals surface area contributed by atoms with E-state index in [2.05, 4.69) is 0 Å². The van der Waals surface area contributed by atoms with E-state index in [1.54, 1.807) is 25.1 Å². The summed E-state index contributed by atoms with van der Waals surface area (Å²) in [6, 6.07) is 11.4. The number of carbonyl (C=O) groups is 1. The lowest BCUT2D eigenvalue weighted by Crippen LogP contribution is -2.27. The fourth-order valence-electron chi connectivity index (χ4n) is 2.53. The van der Waals surface area contributed by atoms with Gasteiger partial charge in [-0.3, -0.25) is 4.79 Å². The second-order valence-corrected chi connectivity index (χ2v) is 6.11. The number of amides is 1. The topological polar surface area (TPSA) is 32.8 Å². The monoisotopic (exact) mass is 346 g/mol. The third-order valence-electron chi connectivity index (χ3n) is 4.22. The summed E-state index contributed by atoms with van der Waals surface area (Å²) >= 11 is 6.28. The zero-order chi connectivity index (χ0) is 17.9. The van der Waals surface area contributed by atoms with Crippen molar-refractivity contribution in [1.82, 2.24) is 4.90 Å². The van der Waals surface area contributed by atoms with Crippen LogP contribution < -0.4 is 9.64 Å². The first-order valence-corrected chi connectivity index (χ1v) is 8.20. The Kier molecular flexibility index (Phi) is 5.73.